The lowest BCUT2D eigenvalue weighted by Crippen LogP contribution is -2.46. The van der Waals surface area contributed by atoms with E-state index in [0.717, 1.165) is 12.8 Å². The fourth-order valence-electron chi connectivity index (χ4n) is 2.66. The largest absolute Gasteiger partial charge is 0.393 e. The molecule has 0 amide bonds. The van der Waals surface area contributed by atoms with Crippen LogP contribution in [0, 0.1) is 5.92 Å². The first-order chi connectivity index (χ1) is 9.47. The van der Waals surface area contributed by atoms with E-state index in [1.807, 2.05) is 13.8 Å². The minimum absolute atomic E-state index is 0.117. The van der Waals surface area contributed by atoms with E-state index >= 15 is 0 Å². The second-order valence-corrected chi connectivity index (χ2v) is 7.07. The maximum absolute atomic E-state index is 12.4. The van der Waals surface area contributed by atoms with Crippen LogP contribution in [0.4, 0.5) is 0 Å². The Morgan fingerprint density at radius 3 is 2.75 bits per heavy atom. The molecule has 2 N–H and O–H groups in total. The number of hydrogen-bond donors (Lipinski definition) is 2. The Hall–Kier alpha value is -0.920. The van der Waals surface area contributed by atoms with Crippen molar-refractivity contribution in [3.63, 3.8) is 0 Å². The summed E-state index contributed by atoms with van der Waals surface area (Å²) in [7, 11) is -3.55. The van der Waals surface area contributed by atoms with Crippen molar-refractivity contribution in [1.29, 1.82) is 0 Å². The van der Waals surface area contributed by atoms with Gasteiger partial charge in [0.1, 0.15) is 0 Å². The fourth-order valence-corrected chi connectivity index (χ4v) is 4.19. The minimum atomic E-state index is -3.55. The van der Waals surface area contributed by atoms with Crippen LogP contribution in [0.25, 0.3) is 0 Å². The molecule has 20 heavy (non-hydrogen) atoms. The highest BCUT2D eigenvalue weighted by molar-refractivity contribution is 7.89. The highest BCUT2D eigenvalue weighted by Crippen LogP contribution is 2.32. The Labute approximate surface area is 120 Å². The van der Waals surface area contributed by atoms with Crippen LogP contribution in [-0.4, -0.2) is 35.5 Å². The van der Waals surface area contributed by atoms with Crippen LogP contribution < -0.4 is 4.72 Å². The summed E-state index contributed by atoms with van der Waals surface area (Å²) >= 11 is 0. The molecule has 0 aliphatic heterocycles. The van der Waals surface area contributed by atoms with Crippen molar-refractivity contribution in [2.45, 2.75) is 63.2 Å². The molecule has 6 nitrogen and oxygen atoms in total. The Kier molecular flexibility index (Phi) is 4.82. The number of hydrogen-bond acceptors (Lipinski definition) is 4. The van der Waals surface area contributed by atoms with Crippen molar-refractivity contribution in [2.24, 2.45) is 5.92 Å². The van der Waals surface area contributed by atoms with Gasteiger partial charge < -0.3 is 5.11 Å². The highest BCUT2D eigenvalue weighted by atomic mass is 32.2. The summed E-state index contributed by atoms with van der Waals surface area (Å²) in [6, 6.07) is 1.41. The number of aryl methyl sites for hydroxylation is 1. The van der Waals surface area contributed by atoms with Crippen molar-refractivity contribution in [3.8, 4) is 0 Å². The van der Waals surface area contributed by atoms with Crippen LogP contribution in [0.5, 0.6) is 0 Å². The van der Waals surface area contributed by atoms with Crippen molar-refractivity contribution >= 4 is 10.0 Å². The van der Waals surface area contributed by atoms with E-state index < -0.39 is 10.0 Å². The van der Waals surface area contributed by atoms with Crippen LogP contribution in [0.2, 0.25) is 0 Å². The molecular formula is C13H23N3O3S. The van der Waals surface area contributed by atoms with E-state index in [-0.39, 0.29) is 23.1 Å². The molecule has 0 aromatic carbocycles. The first-order valence-corrected chi connectivity index (χ1v) is 8.68. The summed E-state index contributed by atoms with van der Waals surface area (Å²) in [5, 5.41) is 13.6. The van der Waals surface area contributed by atoms with E-state index in [9.17, 15) is 13.5 Å². The van der Waals surface area contributed by atoms with Gasteiger partial charge in [-0.3, -0.25) is 4.68 Å². The van der Waals surface area contributed by atoms with Crippen molar-refractivity contribution in [3.05, 3.63) is 12.3 Å². The van der Waals surface area contributed by atoms with Crippen molar-refractivity contribution < 1.29 is 13.5 Å². The predicted molar refractivity (Wildman–Crippen MR) is 75.6 cm³/mol. The molecule has 0 unspecified atom stereocenters. The molecule has 1 aromatic rings. The predicted octanol–water partition coefficient (Wildman–Crippen LogP) is 1.12. The molecule has 0 bridgehead atoms. The normalized spacial score (nSPS) is 24.4. The number of sulfonamides is 1. The molecule has 1 aliphatic carbocycles. The molecule has 1 aromatic heterocycles. The van der Waals surface area contributed by atoms with Crippen LogP contribution >= 0.6 is 0 Å². The Balaban J connectivity index is 2.11. The zero-order valence-corrected chi connectivity index (χ0v) is 12.8. The van der Waals surface area contributed by atoms with Gasteiger partial charge in [0.2, 0.25) is 0 Å². The quantitative estimate of drug-likeness (QED) is 0.790. The molecule has 1 saturated carbocycles. The molecule has 1 heterocycles. The average molecular weight is 301 g/mol. The number of nitrogens with zero attached hydrogens (tertiary/aromatic N) is 2. The smallest absolute Gasteiger partial charge is 0.257 e. The zero-order valence-electron chi connectivity index (χ0n) is 12.0. The first-order valence-electron chi connectivity index (χ1n) is 7.20. The Bertz CT molecular complexity index is 535. The second-order valence-electron chi connectivity index (χ2n) is 5.41. The average Bonchev–Trinajstić information content (AvgIpc) is 2.82. The van der Waals surface area contributed by atoms with Gasteiger partial charge in [-0.15, -0.1) is 0 Å². The van der Waals surface area contributed by atoms with Gasteiger partial charge in [-0.1, -0.05) is 13.8 Å². The van der Waals surface area contributed by atoms with Gasteiger partial charge in [0.25, 0.3) is 10.0 Å². The summed E-state index contributed by atoms with van der Waals surface area (Å²) in [5.41, 5.74) is 0. The summed E-state index contributed by atoms with van der Waals surface area (Å²) in [6.07, 6.45) is 4.14. The molecule has 0 radical (unpaired) electrons. The van der Waals surface area contributed by atoms with E-state index in [1.54, 1.807) is 0 Å². The maximum Gasteiger partial charge on any atom is 0.257 e. The van der Waals surface area contributed by atoms with Crippen LogP contribution in [-0.2, 0) is 16.6 Å². The van der Waals surface area contributed by atoms with Gasteiger partial charge >= 0.3 is 0 Å². The molecule has 0 saturated heterocycles. The molecule has 1 aliphatic rings. The molecule has 7 heteroatoms. The standard InChI is InChI=1S/C13H23N3O3S/c1-3-7-16-13(5-6-14-16)20(18,19)15-12(4-2)10-8-11(17)9-10/h5-6,10-12,15,17H,3-4,7-9H2,1-2H3/t10?,11?,12-/m0/s1. The van der Waals surface area contributed by atoms with Gasteiger partial charge in [-0.25, -0.2) is 13.1 Å². The van der Waals surface area contributed by atoms with E-state index in [4.69, 9.17) is 0 Å². The van der Waals surface area contributed by atoms with Crippen molar-refractivity contribution in [1.82, 2.24) is 14.5 Å². The fraction of sp³-hybridized carbons (Fsp3) is 0.769. The van der Waals surface area contributed by atoms with Gasteiger partial charge in [0.15, 0.2) is 5.03 Å². The minimum Gasteiger partial charge on any atom is -0.393 e. The summed E-state index contributed by atoms with van der Waals surface area (Å²) in [6.45, 7) is 4.53. The molecule has 0 spiro atoms. The molecule has 1 atom stereocenters. The van der Waals surface area contributed by atoms with Gasteiger partial charge in [0, 0.05) is 12.6 Å². The highest BCUT2D eigenvalue weighted by Gasteiger charge is 2.35. The number of rotatable bonds is 7. The number of aromatic nitrogens is 2. The monoisotopic (exact) mass is 301 g/mol. The van der Waals surface area contributed by atoms with Crippen LogP contribution in [0.3, 0.4) is 0 Å². The number of aliphatic hydroxyl groups is 1. The van der Waals surface area contributed by atoms with E-state index in [0.29, 0.717) is 19.4 Å². The van der Waals surface area contributed by atoms with E-state index in [2.05, 4.69) is 9.82 Å². The zero-order chi connectivity index (χ0) is 14.8. The molecular weight excluding hydrogens is 278 g/mol. The third kappa shape index (κ3) is 3.21. The third-order valence-corrected chi connectivity index (χ3v) is 5.36. The number of nitrogens with one attached hydrogen (secondary N) is 1. The van der Waals surface area contributed by atoms with Gasteiger partial charge in [-0.05, 0) is 37.7 Å². The lowest BCUT2D eigenvalue weighted by Gasteiger charge is -2.37. The lowest BCUT2D eigenvalue weighted by atomic mass is 9.77. The third-order valence-electron chi connectivity index (χ3n) is 3.85. The van der Waals surface area contributed by atoms with Crippen LogP contribution in [0.15, 0.2) is 17.3 Å². The second kappa shape index (κ2) is 6.24. The lowest BCUT2D eigenvalue weighted by molar-refractivity contribution is 0.0277. The van der Waals surface area contributed by atoms with E-state index in [1.165, 1.54) is 16.9 Å². The molecule has 1 fully saturated rings. The van der Waals surface area contributed by atoms with Gasteiger partial charge in [-0.2, -0.15) is 5.10 Å². The first kappa shape index (κ1) is 15.5. The maximum atomic E-state index is 12.4. The summed E-state index contributed by atoms with van der Waals surface area (Å²) in [4.78, 5) is 0. The van der Waals surface area contributed by atoms with Crippen molar-refractivity contribution in [2.75, 3.05) is 0 Å². The van der Waals surface area contributed by atoms with Gasteiger partial charge in [0.05, 0.1) is 12.3 Å². The SMILES string of the molecule is CCCn1nccc1S(=O)(=O)N[C@@H](CC)C1CC(O)C1. The molecule has 2 rings (SSSR count). The summed E-state index contributed by atoms with van der Waals surface area (Å²) < 4.78 is 29.2. The Morgan fingerprint density at radius 2 is 2.20 bits per heavy atom. The van der Waals surface area contributed by atoms with Crippen LogP contribution in [0.1, 0.15) is 39.5 Å². The summed E-state index contributed by atoms with van der Waals surface area (Å²) in [5.74, 6) is 0.229. The number of aliphatic hydroxyl groups excluding tert-OH is 1. The Morgan fingerprint density at radius 1 is 1.50 bits per heavy atom. The molecule has 114 valence electrons. The topological polar surface area (TPSA) is 84.2 Å².